The van der Waals surface area contributed by atoms with Gasteiger partial charge in [-0.05, 0) is 42.3 Å². The number of benzene rings is 3. The molecule has 2 N–H and O–H groups in total. The van der Waals surface area contributed by atoms with Crippen LogP contribution in [0.25, 0.3) is 0 Å². The van der Waals surface area contributed by atoms with Crippen LogP contribution < -0.4 is 10.1 Å². The van der Waals surface area contributed by atoms with Gasteiger partial charge >= 0.3 is 0 Å². The first-order chi connectivity index (χ1) is 13.4. The van der Waals surface area contributed by atoms with Crippen LogP contribution in [0.5, 0.6) is 0 Å². The lowest BCUT2D eigenvalue weighted by molar-refractivity contribution is 0.597. The van der Waals surface area contributed by atoms with Crippen LogP contribution in [0.3, 0.4) is 0 Å². The van der Waals surface area contributed by atoms with E-state index in [0.29, 0.717) is 0 Å². The van der Waals surface area contributed by atoms with Crippen molar-refractivity contribution in [3.05, 3.63) is 95.6 Å². The van der Waals surface area contributed by atoms with Crippen LogP contribution in [0.4, 0.5) is 5.69 Å². The van der Waals surface area contributed by atoms with Crippen LogP contribution in [0, 0.1) is 6.92 Å². The van der Waals surface area contributed by atoms with Gasteiger partial charge in [-0.2, -0.15) is 5.10 Å². The van der Waals surface area contributed by atoms with Crippen molar-refractivity contribution in [2.45, 2.75) is 24.3 Å². The van der Waals surface area contributed by atoms with Gasteiger partial charge in [0.15, 0.2) is 0 Å². The van der Waals surface area contributed by atoms with E-state index >= 15 is 0 Å². The van der Waals surface area contributed by atoms with E-state index in [1.165, 1.54) is 17.7 Å². The average molecular weight is 391 g/mol. The van der Waals surface area contributed by atoms with E-state index in [1.54, 1.807) is 12.1 Å². The zero-order valence-electron chi connectivity index (χ0n) is 15.5. The predicted octanol–water partition coefficient (Wildman–Crippen LogP) is 4.00. The second-order valence-corrected chi connectivity index (χ2v) is 8.49. The van der Waals surface area contributed by atoms with Crippen LogP contribution in [0.1, 0.15) is 29.2 Å². The molecule has 142 valence electrons. The number of primary sulfonamides is 1. The summed E-state index contributed by atoms with van der Waals surface area (Å²) in [5.41, 5.74) is 5.28. The Morgan fingerprint density at radius 1 is 0.929 bits per heavy atom. The molecule has 1 aliphatic rings. The van der Waals surface area contributed by atoms with E-state index in [-0.39, 0.29) is 10.9 Å². The Morgan fingerprint density at radius 3 is 2.18 bits per heavy atom. The molecular formula is C22H21N3O2S. The fourth-order valence-electron chi connectivity index (χ4n) is 3.39. The predicted molar refractivity (Wildman–Crippen MR) is 112 cm³/mol. The van der Waals surface area contributed by atoms with Gasteiger partial charge in [-0.3, -0.25) is 5.01 Å². The first-order valence-corrected chi connectivity index (χ1v) is 10.6. The molecule has 6 heteroatoms. The number of anilines is 1. The van der Waals surface area contributed by atoms with Crippen molar-refractivity contribution in [2.75, 3.05) is 5.01 Å². The Kier molecular flexibility index (Phi) is 4.75. The van der Waals surface area contributed by atoms with Gasteiger partial charge < -0.3 is 0 Å². The standard InChI is InChI=1S/C22H21N3O2S/c1-16-7-9-18(10-8-16)22-15-21(17-5-3-2-4-6-17)24-25(22)19-11-13-20(14-12-19)28(23,26)27/h2-14,22H,15H2,1H3,(H2,23,26,27). The van der Waals surface area contributed by atoms with Gasteiger partial charge in [-0.1, -0.05) is 60.2 Å². The molecule has 28 heavy (non-hydrogen) atoms. The summed E-state index contributed by atoms with van der Waals surface area (Å²) in [6.45, 7) is 2.06. The molecule has 3 aromatic rings. The molecule has 0 amide bonds. The molecule has 0 saturated heterocycles. The molecule has 1 unspecified atom stereocenters. The first-order valence-electron chi connectivity index (χ1n) is 9.03. The summed E-state index contributed by atoms with van der Waals surface area (Å²) >= 11 is 0. The molecule has 3 aromatic carbocycles. The van der Waals surface area contributed by atoms with Gasteiger partial charge in [0.2, 0.25) is 10.0 Å². The molecule has 5 nitrogen and oxygen atoms in total. The fraction of sp³-hybridized carbons (Fsp3) is 0.136. The van der Waals surface area contributed by atoms with Crippen molar-refractivity contribution in [1.82, 2.24) is 0 Å². The summed E-state index contributed by atoms with van der Waals surface area (Å²) in [7, 11) is -3.72. The fourth-order valence-corrected chi connectivity index (χ4v) is 3.91. The summed E-state index contributed by atoms with van der Waals surface area (Å²) < 4.78 is 23.1. The smallest absolute Gasteiger partial charge is 0.238 e. The second-order valence-electron chi connectivity index (χ2n) is 6.93. The van der Waals surface area contributed by atoms with Gasteiger partial charge in [0.25, 0.3) is 0 Å². The Balaban J connectivity index is 1.74. The number of nitrogens with zero attached hydrogens (tertiary/aromatic N) is 2. The average Bonchev–Trinajstić information content (AvgIpc) is 3.14. The van der Waals surface area contributed by atoms with Crippen molar-refractivity contribution in [3.8, 4) is 0 Å². The number of sulfonamides is 1. The van der Waals surface area contributed by atoms with Gasteiger partial charge in [0.1, 0.15) is 0 Å². The van der Waals surface area contributed by atoms with Crippen molar-refractivity contribution >= 4 is 21.4 Å². The van der Waals surface area contributed by atoms with E-state index in [0.717, 1.165) is 28.9 Å². The quantitative estimate of drug-likeness (QED) is 0.730. The number of hydrogen-bond acceptors (Lipinski definition) is 4. The SMILES string of the molecule is Cc1ccc(C2CC(c3ccccc3)=NN2c2ccc(S(N)(=O)=O)cc2)cc1. The van der Waals surface area contributed by atoms with Crippen LogP contribution in [-0.2, 0) is 10.0 Å². The van der Waals surface area contributed by atoms with E-state index in [9.17, 15) is 8.42 Å². The van der Waals surface area contributed by atoms with Crippen LogP contribution in [-0.4, -0.2) is 14.1 Å². The molecule has 4 rings (SSSR count). The molecule has 1 atom stereocenters. The summed E-state index contributed by atoms with van der Waals surface area (Å²) in [6, 6.07) is 25.1. The highest BCUT2D eigenvalue weighted by atomic mass is 32.2. The summed E-state index contributed by atoms with van der Waals surface area (Å²) in [4.78, 5) is 0.0922. The topological polar surface area (TPSA) is 75.8 Å². The van der Waals surface area contributed by atoms with Gasteiger partial charge in [-0.15, -0.1) is 0 Å². The number of aryl methyl sites for hydroxylation is 1. The Bertz CT molecular complexity index is 1110. The number of nitrogens with two attached hydrogens (primary N) is 1. The van der Waals surface area contributed by atoms with Crippen LogP contribution in [0.15, 0.2) is 88.9 Å². The van der Waals surface area contributed by atoms with Crippen LogP contribution >= 0.6 is 0 Å². The molecular weight excluding hydrogens is 370 g/mol. The molecule has 0 fully saturated rings. The van der Waals surface area contributed by atoms with Gasteiger partial charge in [0.05, 0.1) is 22.3 Å². The third kappa shape index (κ3) is 3.69. The third-order valence-electron chi connectivity index (χ3n) is 4.91. The highest BCUT2D eigenvalue weighted by molar-refractivity contribution is 7.89. The minimum Gasteiger partial charge on any atom is -0.257 e. The minimum atomic E-state index is -3.72. The highest BCUT2D eigenvalue weighted by Gasteiger charge is 2.30. The summed E-state index contributed by atoms with van der Waals surface area (Å²) in [5.74, 6) is 0. The van der Waals surface area contributed by atoms with Crippen molar-refractivity contribution in [2.24, 2.45) is 10.2 Å². The molecule has 0 aliphatic carbocycles. The number of hydrogen-bond donors (Lipinski definition) is 1. The second kappa shape index (κ2) is 7.22. The van der Waals surface area contributed by atoms with Gasteiger partial charge in [0, 0.05) is 6.42 Å². The van der Waals surface area contributed by atoms with Crippen molar-refractivity contribution in [3.63, 3.8) is 0 Å². The maximum absolute atomic E-state index is 11.6. The van der Waals surface area contributed by atoms with E-state index in [1.807, 2.05) is 23.2 Å². The largest absolute Gasteiger partial charge is 0.257 e. The lowest BCUT2D eigenvalue weighted by Crippen LogP contribution is -2.19. The molecule has 1 heterocycles. The summed E-state index contributed by atoms with van der Waals surface area (Å²) in [5, 5.41) is 12.1. The molecule has 0 bridgehead atoms. The third-order valence-corrected chi connectivity index (χ3v) is 5.84. The van der Waals surface area contributed by atoms with Gasteiger partial charge in [-0.25, -0.2) is 13.6 Å². The number of rotatable bonds is 4. The molecule has 0 aromatic heterocycles. The van der Waals surface area contributed by atoms with Crippen LogP contribution in [0.2, 0.25) is 0 Å². The zero-order valence-corrected chi connectivity index (χ0v) is 16.3. The number of hydrazone groups is 1. The zero-order chi connectivity index (χ0) is 19.7. The van der Waals surface area contributed by atoms with E-state index < -0.39 is 10.0 Å². The Hall–Kier alpha value is -2.96. The molecule has 0 saturated carbocycles. The molecule has 1 aliphatic heterocycles. The summed E-state index contributed by atoms with van der Waals surface area (Å²) in [6.07, 6.45) is 0.768. The lowest BCUT2D eigenvalue weighted by atomic mass is 9.97. The highest BCUT2D eigenvalue weighted by Crippen LogP contribution is 2.37. The van der Waals surface area contributed by atoms with E-state index in [2.05, 4.69) is 43.3 Å². The van der Waals surface area contributed by atoms with E-state index in [4.69, 9.17) is 10.2 Å². The Labute approximate surface area is 165 Å². The normalized spacial score (nSPS) is 16.9. The Morgan fingerprint density at radius 2 is 1.57 bits per heavy atom. The monoisotopic (exact) mass is 391 g/mol. The first kappa shape index (κ1) is 18.4. The maximum Gasteiger partial charge on any atom is 0.238 e. The van der Waals surface area contributed by atoms with Crippen molar-refractivity contribution < 1.29 is 8.42 Å². The molecule has 0 spiro atoms. The lowest BCUT2D eigenvalue weighted by Gasteiger charge is -2.24. The minimum absolute atomic E-state index is 0.0381. The molecule has 0 radical (unpaired) electrons. The maximum atomic E-state index is 11.6. The van der Waals surface area contributed by atoms with Crippen molar-refractivity contribution in [1.29, 1.82) is 0 Å².